The fourth-order valence-corrected chi connectivity index (χ4v) is 2.10. The summed E-state index contributed by atoms with van der Waals surface area (Å²) in [6.45, 7) is 2.95. The van der Waals surface area contributed by atoms with Crippen molar-refractivity contribution in [3.63, 3.8) is 0 Å². The van der Waals surface area contributed by atoms with Crippen LogP contribution in [0, 0.1) is 0 Å². The van der Waals surface area contributed by atoms with Crippen LogP contribution in [0.1, 0.15) is 13.8 Å². The number of carbonyl (C=O) groups is 1. The van der Waals surface area contributed by atoms with Crippen molar-refractivity contribution >= 4 is 28.7 Å². The van der Waals surface area contributed by atoms with Crippen molar-refractivity contribution in [3.05, 3.63) is 47.5 Å². The maximum absolute atomic E-state index is 11.1. The van der Waals surface area contributed by atoms with Gasteiger partial charge in [0.05, 0.1) is 0 Å². The second kappa shape index (κ2) is 6.05. The Morgan fingerprint density at radius 1 is 1.17 bits per heavy atom. The lowest BCUT2D eigenvalue weighted by Crippen LogP contribution is -2.37. The molecular formula is C17H14ClNO5. The SMILES string of the molecule is CC(C)(Oc1ccc(Oc2nc3ccc(Cl)cc3o2)cc1)C(=O)O. The van der Waals surface area contributed by atoms with Crippen LogP contribution in [-0.4, -0.2) is 21.7 Å². The first-order valence-electron chi connectivity index (χ1n) is 7.10. The normalized spacial score (nSPS) is 11.5. The molecule has 0 bridgehead atoms. The van der Waals surface area contributed by atoms with Gasteiger partial charge < -0.3 is 19.0 Å². The van der Waals surface area contributed by atoms with Gasteiger partial charge in [0.25, 0.3) is 0 Å². The Hall–Kier alpha value is -2.73. The zero-order valence-electron chi connectivity index (χ0n) is 12.9. The zero-order valence-corrected chi connectivity index (χ0v) is 13.7. The summed E-state index contributed by atoms with van der Waals surface area (Å²) in [5, 5.41) is 9.61. The Balaban J connectivity index is 1.74. The summed E-state index contributed by atoms with van der Waals surface area (Å²) in [5.41, 5.74) is -0.153. The van der Waals surface area contributed by atoms with Crippen LogP contribution >= 0.6 is 11.6 Å². The molecule has 1 heterocycles. The van der Waals surface area contributed by atoms with Crippen LogP contribution in [0.25, 0.3) is 11.1 Å². The standard InChI is InChI=1S/C17H14ClNO5/c1-17(2,15(20)21)24-12-6-4-11(5-7-12)22-16-19-13-8-3-10(18)9-14(13)23-16/h3-9H,1-2H3,(H,20,21). The third-order valence-corrected chi connectivity index (χ3v) is 3.48. The van der Waals surface area contributed by atoms with Gasteiger partial charge in [-0.25, -0.2) is 4.79 Å². The van der Waals surface area contributed by atoms with Gasteiger partial charge in [-0.05, 0) is 50.2 Å². The van der Waals surface area contributed by atoms with Crippen LogP contribution in [0.3, 0.4) is 0 Å². The van der Waals surface area contributed by atoms with Gasteiger partial charge in [0.15, 0.2) is 11.2 Å². The summed E-state index contributed by atoms with van der Waals surface area (Å²) in [5.74, 6) is -0.153. The monoisotopic (exact) mass is 347 g/mol. The molecule has 0 amide bonds. The average molecular weight is 348 g/mol. The van der Waals surface area contributed by atoms with Gasteiger partial charge in [0.1, 0.15) is 17.0 Å². The van der Waals surface area contributed by atoms with E-state index in [-0.39, 0.29) is 6.08 Å². The lowest BCUT2D eigenvalue weighted by atomic mass is 10.1. The molecule has 6 nitrogen and oxygen atoms in total. The van der Waals surface area contributed by atoms with E-state index < -0.39 is 11.6 Å². The molecule has 124 valence electrons. The van der Waals surface area contributed by atoms with E-state index in [4.69, 9.17) is 30.6 Å². The van der Waals surface area contributed by atoms with Crippen LogP contribution in [-0.2, 0) is 4.79 Å². The second-order valence-corrected chi connectivity index (χ2v) is 6.02. The summed E-state index contributed by atoms with van der Waals surface area (Å²) in [4.78, 5) is 15.3. The predicted octanol–water partition coefficient (Wildman–Crippen LogP) is 4.52. The highest BCUT2D eigenvalue weighted by atomic mass is 35.5. The number of carboxylic acids is 1. The number of aliphatic carboxylic acids is 1. The highest BCUT2D eigenvalue weighted by molar-refractivity contribution is 6.31. The largest absolute Gasteiger partial charge is 0.478 e. The van der Waals surface area contributed by atoms with E-state index in [1.165, 1.54) is 13.8 Å². The van der Waals surface area contributed by atoms with E-state index >= 15 is 0 Å². The van der Waals surface area contributed by atoms with Gasteiger partial charge >= 0.3 is 12.0 Å². The number of fused-ring (bicyclic) bond motifs is 1. The van der Waals surface area contributed by atoms with Gasteiger partial charge in [-0.1, -0.05) is 11.6 Å². The molecular weight excluding hydrogens is 334 g/mol. The summed E-state index contributed by atoms with van der Waals surface area (Å²) in [6.07, 6.45) is 0.0896. The van der Waals surface area contributed by atoms with Crippen molar-refractivity contribution in [1.82, 2.24) is 4.98 Å². The van der Waals surface area contributed by atoms with E-state index in [0.29, 0.717) is 27.6 Å². The van der Waals surface area contributed by atoms with Gasteiger partial charge in [-0.3, -0.25) is 0 Å². The molecule has 0 aliphatic rings. The molecule has 0 saturated heterocycles. The molecule has 0 aliphatic carbocycles. The van der Waals surface area contributed by atoms with E-state index in [1.54, 1.807) is 42.5 Å². The molecule has 7 heteroatoms. The predicted molar refractivity (Wildman–Crippen MR) is 87.9 cm³/mol. The molecule has 0 unspecified atom stereocenters. The minimum absolute atomic E-state index is 0.0896. The molecule has 1 N–H and O–H groups in total. The first-order chi connectivity index (χ1) is 11.3. The number of aromatic nitrogens is 1. The van der Waals surface area contributed by atoms with Gasteiger partial charge in [-0.2, -0.15) is 4.98 Å². The Kier molecular flexibility index (Phi) is 4.07. The van der Waals surface area contributed by atoms with Crippen LogP contribution in [0.2, 0.25) is 5.02 Å². The van der Waals surface area contributed by atoms with Crippen molar-refractivity contribution in [1.29, 1.82) is 0 Å². The lowest BCUT2D eigenvalue weighted by molar-refractivity contribution is -0.152. The Morgan fingerprint density at radius 3 is 2.50 bits per heavy atom. The number of nitrogens with zero attached hydrogens (tertiary/aromatic N) is 1. The first kappa shape index (κ1) is 16.1. The fraction of sp³-hybridized carbons (Fsp3) is 0.176. The number of rotatable bonds is 5. The van der Waals surface area contributed by atoms with Crippen LogP contribution in [0.15, 0.2) is 46.9 Å². The molecule has 0 spiro atoms. The maximum Gasteiger partial charge on any atom is 0.400 e. The topological polar surface area (TPSA) is 81.8 Å². The highest BCUT2D eigenvalue weighted by Crippen LogP contribution is 2.29. The number of benzene rings is 2. The van der Waals surface area contributed by atoms with Gasteiger partial charge in [-0.15, -0.1) is 0 Å². The molecule has 0 aliphatic heterocycles. The maximum atomic E-state index is 11.1. The van der Waals surface area contributed by atoms with E-state index in [2.05, 4.69) is 4.98 Å². The van der Waals surface area contributed by atoms with E-state index in [0.717, 1.165) is 0 Å². The smallest absolute Gasteiger partial charge is 0.400 e. The van der Waals surface area contributed by atoms with Crippen LogP contribution in [0.5, 0.6) is 17.6 Å². The number of oxazole rings is 1. The third-order valence-electron chi connectivity index (χ3n) is 3.25. The summed E-state index contributed by atoms with van der Waals surface area (Å²) in [6, 6.07) is 11.6. The Morgan fingerprint density at radius 2 is 1.83 bits per heavy atom. The summed E-state index contributed by atoms with van der Waals surface area (Å²) >= 11 is 5.90. The molecule has 0 fully saturated rings. The van der Waals surface area contributed by atoms with Crippen molar-refractivity contribution in [3.8, 4) is 17.6 Å². The van der Waals surface area contributed by atoms with Crippen LogP contribution < -0.4 is 9.47 Å². The second-order valence-electron chi connectivity index (χ2n) is 5.58. The average Bonchev–Trinajstić information content (AvgIpc) is 2.90. The van der Waals surface area contributed by atoms with E-state index in [1.807, 2.05) is 0 Å². The van der Waals surface area contributed by atoms with Crippen molar-refractivity contribution in [2.24, 2.45) is 0 Å². The molecule has 0 saturated carbocycles. The molecule has 1 aromatic heterocycles. The number of ether oxygens (including phenoxy) is 2. The van der Waals surface area contributed by atoms with E-state index in [9.17, 15) is 4.79 Å². The Labute approximate surface area is 142 Å². The molecule has 24 heavy (non-hydrogen) atoms. The van der Waals surface area contributed by atoms with Gasteiger partial charge in [0.2, 0.25) is 0 Å². The zero-order chi connectivity index (χ0) is 17.3. The van der Waals surface area contributed by atoms with Crippen molar-refractivity contribution < 1.29 is 23.8 Å². The fourth-order valence-electron chi connectivity index (χ4n) is 1.94. The quantitative estimate of drug-likeness (QED) is 0.731. The highest BCUT2D eigenvalue weighted by Gasteiger charge is 2.29. The molecule has 0 radical (unpaired) electrons. The minimum Gasteiger partial charge on any atom is -0.478 e. The molecule has 2 aromatic carbocycles. The number of halogens is 1. The number of carboxylic acid groups (broad SMARTS) is 1. The number of hydrogen-bond acceptors (Lipinski definition) is 5. The van der Waals surface area contributed by atoms with Crippen molar-refractivity contribution in [2.45, 2.75) is 19.4 Å². The molecule has 3 aromatic rings. The van der Waals surface area contributed by atoms with Crippen molar-refractivity contribution in [2.75, 3.05) is 0 Å². The number of hydrogen-bond donors (Lipinski definition) is 1. The first-order valence-corrected chi connectivity index (χ1v) is 7.48. The lowest BCUT2D eigenvalue weighted by Gasteiger charge is -2.21. The molecule has 3 rings (SSSR count). The minimum atomic E-state index is -1.32. The third kappa shape index (κ3) is 3.44. The summed E-state index contributed by atoms with van der Waals surface area (Å²) in [7, 11) is 0. The van der Waals surface area contributed by atoms with Crippen LogP contribution in [0.4, 0.5) is 0 Å². The van der Waals surface area contributed by atoms with Gasteiger partial charge in [0, 0.05) is 11.1 Å². The Bertz CT molecular complexity index is 886. The molecule has 0 atom stereocenters. The summed E-state index contributed by atoms with van der Waals surface area (Å²) < 4.78 is 16.4.